The third-order valence-electron chi connectivity index (χ3n) is 7.74. The number of carbonyl (C=O) groups excluding carboxylic acids is 1. The average molecular weight is 632 g/mol. The Morgan fingerprint density at radius 2 is 1.74 bits per heavy atom. The molecule has 0 spiro atoms. The number of halogens is 1. The van der Waals surface area contributed by atoms with Crippen LogP contribution in [-0.2, 0) is 9.84 Å². The number of hydrogen-bond donors (Lipinski definition) is 4. The summed E-state index contributed by atoms with van der Waals surface area (Å²) in [5.41, 5.74) is 12.6. The molecular weight excluding hydrogens is 605 g/mol. The lowest BCUT2D eigenvalue weighted by molar-refractivity contribution is 0.102. The number of pyridine rings is 2. The van der Waals surface area contributed by atoms with Gasteiger partial charge in [-0.15, -0.1) is 0 Å². The Morgan fingerprint density at radius 3 is 2.54 bits per heavy atom. The number of nitrogens with zero attached hydrogens (tertiary/aromatic N) is 3. The van der Waals surface area contributed by atoms with Crippen molar-refractivity contribution in [2.24, 2.45) is 5.73 Å². The molecule has 1 atom stereocenters. The Morgan fingerprint density at radius 1 is 0.913 bits per heavy atom. The smallest absolute Gasteiger partial charge is 0.255 e. The molecule has 12 heteroatoms. The molecule has 7 aromatic rings. The zero-order valence-corrected chi connectivity index (χ0v) is 25.1. The maximum Gasteiger partial charge on any atom is 0.255 e. The van der Waals surface area contributed by atoms with E-state index in [-0.39, 0.29) is 11.5 Å². The number of benzene rings is 3. The molecule has 0 aliphatic carbocycles. The third-order valence-corrected chi connectivity index (χ3v) is 8.93. The fourth-order valence-electron chi connectivity index (χ4n) is 5.44. The first-order valence-corrected chi connectivity index (χ1v) is 16.1. The van der Waals surface area contributed by atoms with Crippen molar-refractivity contribution in [2.75, 3.05) is 11.6 Å². The van der Waals surface area contributed by atoms with Crippen LogP contribution in [0.5, 0.6) is 0 Å². The molecule has 0 fully saturated rings. The van der Waals surface area contributed by atoms with E-state index in [1.165, 1.54) is 6.07 Å². The Kier molecular flexibility index (Phi) is 7.15. The number of fused-ring (bicyclic) bond motifs is 2. The molecule has 1 unspecified atom stereocenters. The molecule has 4 aromatic heterocycles. The monoisotopic (exact) mass is 631 g/mol. The minimum absolute atomic E-state index is 0.155. The van der Waals surface area contributed by atoms with Crippen LogP contribution in [0.25, 0.3) is 55.6 Å². The first-order valence-electron chi connectivity index (χ1n) is 14.2. The van der Waals surface area contributed by atoms with Crippen molar-refractivity contribution in [1.82, 2.24) is 25.1 Å². The largest absolute Gasteiger partial charge is 0.338 e. The summed E-state index contributed by atoms with van der Waals surface area (Å²) in [6, 6.07) is 24.3. The van der Waals surface area contributed by atoms with Gasteiger partial charge >= 0.3 is 0 Å². The van der Waals surface area contributed by atoms with Crippen LogP contribution in [0.1, 0.15) is 21.3 Å². The van der Waals surface area contributed by atoms with Crippen molar-refractivity contribution in [3.63, 3.8) is 0 Å². The van der Waals surface area contributed by atoms with Crippen LogP contribution in [-0.4, -0.2) is 45.7 Å². The van der Waals surface area contributed by atoms with E-state index >= 15 is 0 Å². The molecule has 10 nitrogen and oxygen atoms in total. The molecule has 0 aliphatic rings. The number of carbonyl (C=O) groups is 1. The lowest BCUT2D eigenvalue weighted by Gasteiger charge is -2.12. The highest BCUT2D eigenvalue weighted by atomic mass is 32.2. The maximum atomic E-state index is 14.7. The van der Waals surface area contributed by atoms with Crippen LogP contribution < -0.4 is 11.1 Å². The molecule has 4 heterocycles. The Hall–Kier alpha value is -5.72. The standard InChI is InChI=1S/C34H26FN7O3S/c1-46(44,45)32(36)22-11-21(12-24(35)13-22)26-9-10-38-33-27(26)16-30(40-33)31-28-15-20(7-8-29(28)41-42-31)23-14-25(18-37-17-23)39-34(43)19-5-3-2-4-6-19/h2-18,32H,36H2,1H3,(H,38,40)(H,39,43)(H,41,42). The van der Waals surface area contributed by atoms with Gasteiger partial charge in [-0.05, 0) is 82.9 Å². The van der Waals surface area contributed by atoms with Crippen LogP contribution in [0.2, 0.25) is 0 Å². The van der Waals surface area contributed by atoms with Gasteiger partial charge in [-0.3, -0.25) is 14.9 Å². The molecule has 5 N–H and O–H groups in total. The van der Waals surface area contributed by atoms with Gasteiger partial charge in [0.05, 0.1) is 23.1 Å². The van der Waals surface area contributed by atoms with Crippen molar-refractivity contribution in [3.8, 4) is 33.6 Å². The first kappa shape index (κ1) is 29.0. The minimum Gasteiger partial charge on any atom is -0.338 e. The number of aromatic amines is 2. The molecule has 0 aliphatic heterocycles. The third kappa shape index (κ3) is 5.51. The van der Waals surface area contributed by atoms with Gasteiger partial charge in [-0.25, -0.2) is 17.8 Å². The molecule has 0 saturated heterocycles. The summed E-state index contributed by atoms with van der Waals surface area (Å²) in [7, 11) is -3.65. The van der Waals surface area contributed by atoms with E-state index in [1.807, 2.05) is 36.4 Å². The summed E-state index contributed by atoms with van der Waals surface area (Å²) in [5.74, 6) is -0.831. The van der Waals surface area contributed by atoms with Crippen LogP contribution in [0.3, 0.4) is 0 Å². The van der Waals surface area contributed by atoms with Crippen molar-refractivity contribution in [1.29, 1.82) is 0 Å². The van der Waals surface area contributed by atoms with E-state index in [1.54, 1.807) is 55.0 Å². The SMILES string of the molecule is CS(=O)(=O)C(N)c1cc(F)cc(-c2ccnc3[nH]c(-c4n[nH]c5ccc(-c6cncc(NC(=O)c7ccccc7)c6)cc45)cc23)c1. The fourth-order valence-corrected chi connectivity index (χ4v) is 6.07. The molecule has 0 bridgehead atoms. The lowest BCUT2D eigenvalue weighted by Crippen LogP contribution is -2.20. The van der Waals surface area contributed by atoms with Crippen LogP contribution in [0.15, 0.2) is 104 Å². The summed E-state index contributed by atoms with van der Waals surface area (Å²) in [6.45, 7) is 0. The van der Waals surface area contributed by atoms with Gasteiger partial charge in [0, 0.05) is 40.5 Å². The molecule has 228 valence electrons. The van der Waals surface area contributed by atoms with E-state index in [2.05, 4.69) is 30.5 Å². The van der Waals surface area contributed by atoms with Crippen molar-refractivity contribution < 1.29 is 17.6 Å². The summed E-state index contributed by atoms with van der Waals surface area (Å²) in [4.78, 5) is 24.8. The Labute approximate surface area is 262 Å². The van der Waals surface area contributed by atoms with Gasteiger partial charge < -0.3 is 16.0 Å². The van der Waals surface area contributed by atoms with Gasteiger partial charge in [0.15, 0.2) is 9.84 Å². The van der Waals surface area contributed by atoms with Gasteiger partial charge in [0.1, 0.15) is 22.5 Å². The normalized spacial score (nSPS) is 12.4. The van der Waals surface area contributed by atoms with Gasteiger partial charge in [-0.2, -0.15) is 5.10 Å². The molecular formula is C34H26FN7O3S. The highest BCUT2D eigenvalue weighted by Gasteiger charge is 2.21. The average Bonchev–Trinajstić information content (AvgIpc) is 3.68. The molecule has 1 amide bonds. The van der Waals surface area contributed by atoms with Crippen LogP contribution in [0.4, 0.5) is 10.1 Å². The van der Waals surface area contributed by atoms with Crippen LogP contribution in [0, 0.1) is 5.82 Å². The number of rotatable bonds is 7. The highest BCUT2D eigenvalue weighted by Crippen LogP contribution is 2.36. The molecule has 0 saturated carbocycles. The minimum atomic E-state index is -3.65. The molecule has 0 radical (unpaired) electrons. The van der Waals surface area contributed by atoms with E-state index < -0.39 is 21.0 Å². The number of aromatic nitrogens is 5. The summed E-state index contributed by atoms with van der Waals surface area (Å²) in [5, 5.41) is 10.7. The number of amides is 1. The number of nitrogens with two attached hydrogens (primary N) is 1. The van der Waals surface area contributed by atoms with Gasteiger partial charge in [-0.1, -0.05) is 24.3 Å². The quantitative estimate of drug-likeness (QED) is 0.162. The van der Waals surface area contributed by atoms with Crippen molar-refractivity contribution in [3.05, 3.63) is 120 Å². The van der Waals surface area contributed by atoms with E-state index in [0.717, 1.165) is 34.4 Å². The zero-order valence-electron chi connectivity index (χ0n) is 24.3. The van der Waals surface area contributed by atoms with Gasteiger partial charge in [0.25, 0.3) is 5.91 Å². The number of sulfone groups is 1. The van der Waals surface area contributed by atoms with Crippen molar-refractivity contribution in [2.45, 2.75) is 5.37 Å². The topological polar surface area (TPSA) is 160 Å². The fraction of sp³-hybridized carbons (Fsp3) is 0.0588. The second kappa shape index (κ2) is 11.3. The van der Waals surface area contributed by atoms with Gasteiger partial charge in [0.2, 0.25) is 0 Å². The highest BCUT2D eigenvalue weighted by molar-refractivity contribution is 7.90. The predicted molar refractivity (Wildman–Crippen MR) is 176 cm³/mol. The second-order valence-corrected chi connectivity index (χ2v) is 13.1. The Balaban J connectivity index is 1.25. The lowest BCUT2D eigenvalue weighted by atomic mass is 10.0. The predicted octanol–water partition coefficient (Wildman–Crippen LogP) is 6.23. The summed E-state index contributed by atoms with van der Waals surface area (Å²) < 4.78 is 38.9. The summed E-state index contributed by atoms with van der Waals surface area (Å²) >= 11 is 0. The maximum absolute atomic E-state index is 14.7. The van der Waals surface area contributed by atoms with E-state index in [4.69, 9.17) is 5.73 Å². The number of nitrogens with one attached hydrogen (secondary N) is 3. The number of hydrogen-bond acceptors (Lipinski definition) is 7. The first-order chi connectivity index (χ1) is 22.1. The summed E-state index contributed by atoms with van der Waals surface area (Å²) in [6.07, 6.45) is 5.93. The van der Waals surface area contributed by atoms with Crippen LogP contribution >= 0.6 is 0 Å². The number of H-pyrrole nitrogens is 2. The van der Waals surface area contributed by atoms with Crippen molar-refractivity contribution >= 4 is 43.4 Å². The van der Waals surface area contributed by atoms with E-state index in [9.17, 15) is 17.6 Å². The Bertz CT molecular complexity index is 2390. The van der Waals surface area contributed by atoms with E-state index in [0.29, 0.717) is 44.8 Å². The molecule has 46 heavy (non-hydrogen) atoms. The number of anilines is 1. The second-order valence-electron chi connectivity index (χ2n) is 10.9. The zero-order chi connectivity index (χ0) is 32.0. The molecule has 3 aromatic carbocycles. The molecule has 7 rings (SSSR count).